The number of hydrogen-bond donors (Lipinski definition) is 2. The van der Waals surface area contributed by atoms with Crippen LogP contribution in [0.5, 0.6) is 5.75 Å². The van der Waals surface area contributed by atoms with E-state index in [1.165, 1.54) is 42.4 Å². The van der Waals surface area contributed by atoms with Crippen LogP contribution in [0.2, 0.25) is 0 Å². The van der Waals surface area contributed by atoms with Gasteiger partial charge in [0.15, 0.2) is 0 Å². The summed E-state index contributed by atoms with van der Waals surface area (Å²) in [6, 6.07) is 4.40. The molecule has 3 rings (SSSR count). The lowest BCUT2D eigenvalue weighted by Crippen LogP contribution is -2.14. The number of fused-ring (bicyclic) bond motifs is 1. The molecule has 80 valence electrons. The average molecular weight is 203 g/mol. The standard InChI is InChI=1S/C13H17NO/c15-10-7-9-3-1-4-11(9)12(8-10)13-5-2-6-14-13/h7-8,13-15H,1-6H2/t13-/m1/s1. The number of benzene rings is 1. The van der Waals surface area contributed by atoms with Gasteiger partial charge >= 0.3 is 0 Å². The molecule has 1 saturated heterocycles. The summed E-state index contributed by atoms with van der Waals surface area (Å²) in [5.74, 6) is 0.444. The van der Waals surface area contributed by atoms with Gasteiger partial charge in [0.05, 0.1) is 0 Å². The van der Waals surface area contributed by atoms with Crippen LogP contribution in [-0.2, 0) is 12.8 Å². The molecule has 1 heterocycles. The number of phenolic OH excluding ortho intramolecular Hbond substituents is 1. The van der Waals surface area contributed by atoms with Crippen LogP contribution in [0.25, 0.3) is 0 Å². The van der Waals surface area contributed by atoms with Gasteiger partial charge in [-0.2, -0.15) is 0 Å². The fourth-order valence-corrected chi connectivity index (χ4v) is 2.98. The summed E-state index contributed by atoms with van der Waals surface area (Å²) in [4.78, 5) is 0. The molecule has 0 radical (unpaired) electrons. The van der Waals surface area contributed by atoms with E-state index in [0.29, 0.717) is 11.8 Å². The van der Waals surface area contributed by atoms with E-state index in [-0.39, 0.29) is 0 Å². The molecule has 0 unspecified atom stereocenters. The maximum atomic E-state index is 9.71. The summed E-state index contributed by atoms with van der Waals surface area (Å²) in [5, 5.41) is 13.2. The van der Waals surface area contributed by atoms with Gasteiger partial charge in [-0.3, -0.25) is 0 Å². The minimum absolute atomic E-state index is 0.444. The van der Waals surface area contributed by atoms with Crippen LogP contribution in [0.4, 0.5) is 0 Å². The molecular weight excluding hydrogens is 186 g/mol. The number of hydrogen-bond acceptors (Lipinski definition) is 2. The molecule has 0 amide bonds. The fourth-order valence-electron chi connectivity index (χ4n) is 2.98. The van der Waals surface area contributed by atoms with Gasteiger partial charge in [-0.1, -0.05) is 0 Å². The third-order valence-corrected chi connectivity index (χ3v) is 3.67. The van der Waals surface area contributed by atoms with Gasteiger partial charge in [0.25, 0.3) is 0 Å². The second kappa shape index (κ2) is 3.53. The zero-order chi connectivity index (χ0) is 10.3. The number of rotatable bonds is 1. The van der Waals surface area contributed by atoms with Gasteiger partial charge in [0, 0.05) is 6.04 Å². The fraction of sp³-hybridized carbons (Fsp3) is 0.538. The van der Waals surface area contributed by atoms with Crippen LogP contribution in [0.15, 0.2) is 12.1 Å². The minimum Gasteiger partial charge on any atom is -0.508 e. The van der Waals surface area contributed by atoms with E-state index >= 15 is 0 Å². The first-order valence-electron chi connectivity index (χ1n) is 5.92. The average Bonchev–Trinajstić information content (AvgIpc) is 2.86. The highest BCUT2D eigenvalue weighted by Crippen LogP contribution is 2.35. The van der Waals surface area contributed by atoms with Crippen molar-refractivity contribution in [3.05, 3.63) is 28.8 Å². The highest BCUT2D eigenvalue weighted by Gasteiger charge is 2.23. The van der Waals surface area contributed by atoms with Gasteiger partial charge in [-0.15, -0.1) is 0 Å². The Balaban J connectivity index is 2.05. The molecule has 15 heavy (non-hydrogen) atoms. The molecule has 1 atom stereocenters. The molecule has 1 aromatic rings. The summed E-state index contributed by atoms with van der Waals surface area (Å²) >= 11 is 0. The quantitative estimate of drug-likeness (QED) is 0.734. The van der Waals surface area contributed by atoms with Crippen molar-refractivity contribution < 1.29 is 5.11 Å². The monoisotopic (exact) mass is 203 g/mol. The first kappa shape index (κ1) is 9.22. The molecular formula is C13H17NO. The number of aryl methyl sites for hydroxylation is 1. The van der Waals surface area contributed by atoms with Crippen molar-refractivity contribution in [2.75, 3.05) is 6.54 Å². The molecule has 0 aromatic heterocycles. The lowest BCUT2D eigenvalue weighted by atomic mass is 9.96. The summed E-state index contributed by atoms with van der Waals surface area (Å²) in [7, 11) is 0. The Morgan fingerprint density at radius 2 is 2.13 bits per heavy atom. The van der Waals surface area contributed by atoms with Crippen LogP contribution in [0, 0.1) is 0 Å². The van der Waals surface area contributed by atoms with Crippen molar-refractivity contribution in [2.24, 2.45) is 0 Å². The summed E-state index contributed by atoms with van der Waals surface area (Å²) < 4.78 is 0. The zero-order valence-electron chi connectivity index (χ0n) is 8.92. The van der Waals surface area contributed by atoms with Crippen LogP contribution in [0.3, 0.4) is 0 Å². The number of nitrogens with one attached hydrogen (secondary N) is 1. The molecule has 1 aliphatic heterocycles. The van der Waals surface area contributed by atoms with E-state index in [4.69, 9.17) is 0 Å². The van der Waals surface area contributed by atoms with E-state index in [0.717, 1.165) is 13.0 Å². The third-order valence-electron chi connectivity index (χ3n) is 3.67. The van der Waals surface area contributed by atoms with Gasteiger partial charge in [0.2, 0.25) is 0 Å². The minimum atomic E-state index is 0.444. The predicted octanol–water partition coefficient (Wildman–Crippen LogP) is 2.31. The SMILES string of the molecule is Oc1cc2c(c([C@H]3CCCN3)c1)CCC2. The summed E-state index contributed by atoms with van der Waals surface area (Å²) in [6.07, 6.45) is 6.07. The largest absolute Gasteiger partial charge is 0.508 e. The Labute approximate surface area is 90.3 Å². The summed E-state index contributed by atoms with van der Waals surface area (Å²) in [6.45, 7) is 1.12. The van der Waals surface area contributed by atoms with Crippen LogP contribution in [0.1, 0.15) is 42.0 Å². The first-order valence-corrected chi connectivity index (χ1v) is 5.92. The van der Waals surface area contributed by atoms with E-state index < -0.39 is 0 Å². The van der Waals surface area contributed by atoms with Gasteiger partial charge in [-0.25, -0.2) is 0 Å². The first-order chi connectivity index (χ1) is 7.34. The van der Waals surface area contributed by atoms with Gasteiger partial charge < -0.3 is 10.4 Å². The molecule has 0 spiro atoms. The topological polar surface area (TPSA) is 32.3 Å². The van der Waals surface area contributed by atoms with E-state index in [2.05, 4.69) is 5.32 Å². The Kier molecular flexibility index (Phi) is 2.17. The maximum absolute atomic E-state index is 9.71. The van der Waals surface area contributed by atoms with Crippen molar-refractivity contribution in [2.45, 2.75) is 38.1 Å². The Morgan fingerprint density at radius 3 is 2.93 bits per heavy atom. The van der Waals surface area contributed by atoms with Crippen LogP contribution in [-0.4, -0.2) is 11.7 Å². The molecule has 2 aliphatic rings. The van der Waals surface area contributed by atoms with Crippen LogP contribution < -0.4 is 5.32 Å². The van der Waals surface area contributed by atoms with Crippen molar-refractivity contribution in [3.8, 4) is 5.75 Å². The number of aromatic hydroxyl groups is 1. The second-order valence-electron chi connectivity index (χ2n) is 4.68. The molecule has 2 heteroatoms. The van der Waals surface area contributed by atoms with E-state index in [9.17, 15) is 5.11 Å². The zero-order valence-corrected chi connectivity index (χ0v) is 8.92. The third kappa shape index (κ3) is 1.53. The smallest absolute Gasteiger partial charge is 0.116 e. The van der Waals surface area contributed by atoms with Crippen molar-refractivity contribution >= 4 is 0 Å². The molecule has 0 saturated carbocycles. The predicted molar refractivity (Wildman–Crippen MR) is 60.1 cm³/mol. The Bertz CT molecular complexity index is 380. The second-order valence-corrected chi connectivity index (χ2v) is 4.68. The van der Waals surface area contributed by atoms with Gasteiger partial charge in [-0.05, 0) is 67.5 Å². The molecule has 1 aromatic carbocycles. The molecule has 2 N–H and O–H groups in total. The van der Waals surface area contributed by atoms with Crippen molar-refractivity contribution in [1.29, 1.82) is 0 Å². The highest BCUT2D eigenvalue weighted by molar-refractivity contribution is 5.45. The molecule has 1 aliphatic carbocycles. The Morgan fingerprint density at radius 1 is 1.20 bits per heavy atom. The maximum Gasteiger partial charge on any atom is 0.116 e. The lowest BCUT2D eigenvalue weighted by Gasteiger charge is -2.16. The summed E-state index contributed by atoms with van der Waals surface area (Å²) in [5.41, 5.74) is 4.24. The van der Waals surface area contributed by atoms with Crippen molar-refractivity contribution in [1.82, 2.24) is 5.32 Å². The van der Waals surface area contributed by atoms with Crippen molar-refractivity contribution in [3.63, 3.8) is 0 Å². The van der Waals surface area contributed by atoms with Crippen LogP contribution >= 0.6 is 0 Å². The highest BCUT2D eigenvalue weighted by atomic mass is 16.3. The lowest BCUT2D eigenvalue weighted by molar-refractivity contribution is 0.472. The van der Waals surface area contributed by atoms with E-state index in [1.807, 2.05) is 12.1 Å². The molecule has 1 fully saturated rings. The Hall–Kier alpha value is -1.02. The molecule has 0 bridgehead atoms. The normalized spacial score (nSPS) is 24.4. The van der Waals surface area contributed by atoms with E-state index in [1.54, 1.807) is 0 Å². The van der Waals surface area contributed by atoms with Gasteiger partial charge in [0.1, 0.15) is 5.75 Å². The molecule has 2 nitrogen and oxygen atoms in total. The number of phenols is 1.